The molecule has 13 heavy (non-hydrogen) atoms. The van der Waals surface area contributed by atoms with Crippen molar-refractivity contribution in [3.63, 3.8) is 0 Å². The molecule has 0 saturated carbocycles. The first-order chi connectivity index (χ1) is 6.29. The highest BCUT2D eigenvalue weighted by molar-refractivity contribution is 5.66. The largest absolute Gasteiger partial charge is 0.481 e. The number of carboxylic acid groups (broad SMARTS) is 1. The monoisotopic (exact) mass is 182 g/mol. The van der Waals surface area contributed by atoms with Crippen molar-refractivity contribution < 1.29 is 9.90 Å². The van der Waals surface area contributed by atoms with E-state index in [0.717, 1.165) is 0 Å². The summed E-state index contributed by atoms with van der Waals surface area (Å²) in [6.07, 6.45) is 3.47. The van der Waals surface area contributed by atoms with Crippen molar-refractivity contribution >= 4 is 11.9 Å². The number of carbonyl (C=O) groups is 1. The molecule has 6 heteroatoms. The zero-order valence-corrected chi connectivity index (χ0v) is 6.97. The van der Waals surface area contributed by atoms with Crippen LogP contribution in [0.15, 0.2) is 12.7 Å². The minimum absolute atomic E-state index is 0.151. The van der Waals surface area contributed by atoms with Crippen LogP contribution in [0.3, 0.4) is 0 Å². The summed E-state index contributed by atoms with van der Waals surface area (Å²) in [6, 6.07) is 0. The summed E-state index contributed by atoms with van der Waals surface area (Å²) in [5.74, 6) is -0.321. The van der Waals surface area contributed by atoms with Gasteiger partial charge >= 0.3 is 5.97 Å². The van der Waals surface area contributed by atoms with E-state index >= 15 is 0 Å². The van der Waals surface area contributed by atoms with Crippen molar-refractivity contribution in [2.45, 2.75) is 12.8 Å². The number of nitrogens with one attached hydrogen (secondary N) is 1. The van der Waals surface area contributed by atoms with Gasteiger partial charge in [-0.1, -0.05) is 0 Å². The highest BCUT2D eigenvalue weighted by Crippen LogP contribution is 1.94. The topological polar surface area (TPSA) is 88.0 Å². The summed E-state index contributed by atoms with van der Waals surface area (Å²) in [5, 5.41) is 11.2. The molecule has 0 aromatic carbocycles. The Labute approximate surface area is 75.1 Å². The Morgan fingerprint density at radius 3 is 2.77 bits per heavy atom. The SMILES string of the molecule is O=C(O)CCCNc1ncncn1. The van der Waals surface area contributed by atoms with Gasteiger partial charge in [-0.25, -0.2) is 15.0 Å². The van der Waals surface area contributed by atoms with E-state index in [1.165, 1.54) is 12.7 Å². The normalized spacial score (nSPS) is 9.54. The van der Waals surface area contributed by atoms with Crippen molar-refractivity contribution in [2.75, 3.05) is 11.9 Å². The molecule has 2 N–H and O–H groups in total. The third kappa shape index (κ3) is 4.00. The van der Waals surface area contributed by atoms with Gasteiger partial charge in [0.15, 0.2) is 0 Å². The Kier molecular flexibility index (Phi) is 3.62. The molecule has 0 aliphatic rings. The van der Waals surface area contributed by atoms with Gasteiger partial charge in [0, 0.05) is 13.0 Å². The van der Waals surface area contributed by atoms with E-state index in [4.69, 9.17) is 5.11 Å². The minimum Gasteiger partial charge on any atom is -0.481 e. The minimum atomic E-state index is -0.794. The second-order valence-corrected chi connectivity index (χ2v) is 2.39. The maximum absolute atomic E-state index is 10.1. The van der Waals surface area contributed by atoms with Crippen LogP contribution in [-0.2, 0) is 4.79 Å². The molecular weight excluding hydrogens is 172 g/mol. The highest BCUT2D eigenvalue weighted by Gasteiger charge is 1.96. The molecule has 0 atom stereocenters. The van der Waals surface area contributed by atoms with Gasteiger partial charge in [-0.15, -0.1) is 0 Å². The molecule has 6 nitrogen and oxygen atoms in total. The van der Waals surface area contributed by atoms with E-state index in [-0.39, 0.29) is 6.42 Å². The summed E-state index contributed by atoms with van der Waals surface area (Å²) in [7, 11) is 0. The Morgan fingerprint density at radius 1 is 1.46 bits per heavy atom. The fourth-order valence-corrected chi connectivity index (χ4v) is 0.770. The molecular formula is C7H10N4O2. The van der Waals surface area contributed by atoms with E-state index in [9.17, 15) is 4.79 Å². The molecule has 1 rings (SSSR count). The maximum Gasteiger partial charge on any atom is 0.303 e. The van der Waals surface area contributed by atoms with Gasteiger partial charge in [0.05, 0.1) is 0 Å². The number of hydrogen-bond donors (Lipinski definition) is 2. The molecule has 0 fully saturated rings. The first-order valence-corrected chi connectivity index (χ1v) is 3.86. The quantitative estimate of drug-likeness (QED) is 0.630. The first kappa shape index (κ1) is 9.37. The molecule has 1 aromatic rings. The Bertz CT molecular complexity index is 264. The van der Waals surface area contributed by atoms with Gasteiger partial charge in [-0.3, -0.25) is 4.79 Å². The lowest BCUT2D eigenvalue weighted by Gasteiger charge is -2.00. The van der Waals surface area contributed by atoms with Gasteiger partial charge in [0.25, 0.3) is 0 Å². The Hall–Kier alpha value is -1.72. The molecule has 0 unspecified atom stereocenters. The van der Waals surface area contributed by atoms with E-state index < -0.39 is 5.97 Å². The molecule has 0 saturated heterocycles. The Balaban J connectivity index is 2.17. The third-order valence-electron chi connectivity index (χ3n) is 1.34. The van der Waals surface area contributed by atoms with Gasteiger partial charge in [0.2, 0.25) is 5.95 Å². The smallest absolute Gasteiger partial charge is 0.303 e. The van der Waals surface area contributed by atoms with Crippen LogP contribution in [0, 0.1) is 0 Å². The van der Waals surface area contributed by atoms with Gasteiger partial charge in [-0.2, -0.15) is 0 Å². The second-order valence-electron chi connectivity index (χ2n) is 2.39. The first-order valence-electron chi connectivity index (χ1n) is 3.86. The number of aliphatic carboxylic acids is 1. The van der Waals surface area contributed by atoms with Crippen molar-refractivity contribution in [2.24, 2.45) is 0 Å². The van der Waals surface area contributed by atoms with Crippen LogP contribution in [0.25, 0.3) is 0 Å². The Morgan fingerprint density at radius 2 is 2.15 bits per heavy atom. The molecule has 1 aromatic heterocycles. The predicted octanol–water partition coefficient (Wildman–Crippen LogP) is 0.148. The van der Waals surface area contributed by atoms with Gasteiger partial charge in [-0.05, 0) is 6.42 Å². The lowest BCUT2D eigenvalue weighted by Crippen LogP contribution is -2.07. The average Bonchev–Trinajstić information content (AvgIpc) is 2.14. The predicted molar refractivity (Wildman–Crippen MR) is 45.2 cm³/mol. The van der Waals surface area contributed by atoms with Crippen LogP contribution in [0.1, 0.15) is 12.8 Å². The van der Waals surface area contributed by atoms with Crippen molar-refractivity contribution in [1.29, 1.82) is 0 Å². The number of aromatic nitrogens is 3. The summed E-state index contributed by atoms with van der Waals surface area (Å²) in [5.41, 5.74) is 0. The average molecular weight is 182 g/mol. The molecule has 0 radical (unpaired) electrons. The fourth-order valence-electron chi connectivity index (χ4n) is 0.770. The van der Waals surface area contributed by atoms with Gasteiger partial charge < -0.3 is 10.4 Å². The maximum atomic E-state index is 10.1. The second kappa shape index (κ2) is 5.02. The fraction of sp³-hybridized carbons (Fsp3) is 0.429. The van der Waals surface area contributed by atoms with Crippen molar-refractivity contribution in [1.82, 2.24) is 15.0 Å². The zero-order valence-electron chi connectivity index (χ0n) is 6.97. The number of carboxylic acids is 1. The number of nitrogens with zero attached hydrogens (tertiary/aromatic N) is 3. The van der Waals surface area contributed by atoms with Crippen molar-refractivity contribution in [3.05, 3.63) is 12.7 Å². The van der Waals surface area contributed by atoms with Crippen LogP contribution in [0.2, 0.25) is 0 Å². The van der Waals surface area contributed by atoms with Crippen LogP contribution < -0.4 is 5.32 Å². The van der Waals surface area contributed by atoms with Crippen molar-refractivity contribution in [3.8, 4) is 0 Å². The van der Waals surface area contributed by atoms with E-state index in [0.29, 0.717) is 18.9 Å². The standard InChI is InChI=1S/C7H10N4O2/c12-6(13)2-1-3-9-7-10-4-8-5-11-7/h4-5H,1-3H2,(H,12,13)(H,8,9,10,11). The van der Waals surface area contributed by atoms with Crippen LogP contribution in [0.5, 0.6) is 0 Å². The molecule has 0 aliphatic carbocycles. The molecule has 0 bridgehead atoms. The molecule has 70 valence electrons. The van der Waals surface area contributed by atoms with Crippen LogP contribution in [0.4, 0.5) is 5.95 Å². The molecule has 0 aliphatic heterocycles. The molecule has 0 spiro atoms. The summed E-state index contributed by atoms with van der Waals surface area (Å²) in [6.45, 7) is 0.552. The molecule has 0 amide bonds. The lowest BCUT2D eigenvalue weighted by atomic mass is 10.3. The van der Waals surface area contributed by atoms with Gasteiger partial charge in [0.1, 0.15) is 12.7 Å². The summed E-state index contributed by atoms with van der Waals surface area (Å²) < 4.78 is 0. The summed E-state index contributed by atoms with van der Waals surface area (Å²) >= 11 is 0. The number of anilines is 1. The zero-order chi connectivity index (χ0) is 9.52. The molecule has 1 heterocycles. The van der Waals surface area contributed by atoms with Crippen LogP contribution >= 0.6 is 0 Å². The highest BCUT2D eigenvalue weighted by atomic mass is 16.4. The van der Waals surface area contributed by atoms with Crippen LogP contribution in [-0.4, -0.2) is 32.6 Å². The van der Waals surface area contributed by atoms with E-state index in [1.54, 1.807) is 0 Å². The lowest BCUT2D eigenvalue weighted by molar-refractivity contribution is -0.137. The summed E-state index contributed by atoms with van der Waals surface area (Å²) in [4.78, 5) is 21.4. The number of hydrogen-bond acceptors (Lipinski definition) is 5. The van der Waals surface area contributed by atoms with E-state index in [1.807, 2.05) is 0 Å². The van der Waals surface area contributed by atoms with E-state index in [2.05, 4.69) is 20.3 Å². The third-order valence-corrected chi connectivity index (χ3v) is 1.34. The number of rotatable bonds is 5.